The Kier molecular flexibility index (Phi) is 4.47. The Morgan fingerprint density at radius 2 is 2.39 bits per heavy atom. The number of esters is 1. The number of sulfonamides is 1. The molecular weight excluding hydrogens is 258 g/mol. The highest BCUT2D eigenvalue weighted by Gasteiger charge is 2.26. The molecule has 0 amide bonds. The lowest BCUT2D eigenvalue weighted by Gasteiger charge is -2.08. The van der Waals surface area contributed by atoms with Crippen LogP contribution in [-0.4, -0.2) is 37.2 Å². The van der Waals surface area contributed by atoms with Crippen molar-refractivity contribution < 1.29 is 17.9 Å². The number of nitrogens with zero attached hydrogens (tertiary/aromatic N) is 1. The molecule has 0 fully saturated rings. The van der Waals surface area contributed by atoms with Gasteiger partial charge in [0, 0.05) is 0 Å². The summed E-state index contributed by atoms with van der Waals surface area (Å²) in [6.45, 7) is 3.25. The highest BCUT2D eigenvalue weighted by Crippen LogP contribution is 2.13. The van der Waals surface area contributed by atoms with E-state index in [1.807, 2.05) is 0 Å². The van der Waals surface area contributed by atoms with Crippen LogP contribution in [0.1, 0.15) is 24.2 Å². The third kappa shape index (κ3) is 3.09. The van der Waals surface area contributed by atoms with Crippen molar-refractivity contribution in [2.75, 3.05) is 6.61 Å². The predicted molar refractivity (Wildman–Crippen MR) is 63.2 cm³/mol. The SMILES string of the molecule is C#CC(C)NS(=O)(=O)c1[nH]ncc1C(=O)OCC. The number of aromatic nitrogens is 2. The Balaban J connectivity index is 3.08. The molecule has 1 rings (SSSR count). The van der Waals surface area contributed by atoms with Crippen LogP contribution in [0.25, 0.3) is 0 Å². The van der Waals surface area contributed by atoms with E-state index >= 15 is 0 Å². The quantitative estimate of drug-likeness (QED) is 0.574. The van der Waals surface area contributed by atoms with E-state index in [0.717, 1.165) is 6.20 Å². The molecule has 0 spiro atoms. The molecule has 7 nitrogen and oxygen atoms in total. The highest BCUT2D eigenvalue weighted by molar-refractivity contribution is 7.89. The van der Waals surface area contributed by atoms with Gasteiger partial charge < -0.3 is 4.74 Å². The fraction of sp³-hybridized carbons (Fsp3) is 0.400. The average molecular weight is 271 g/mol. The Morgan fingerprint density at radius 3 is 2.94 bits per heavy atom. The number of rotatable bonds is 5. The van der Waals surface area contributed by atoms with E-state index in [1.165, 1.54) is 6.92 Å². The summed E-state index contributed by atoms with van der Waals surface area (Å²) in [5.41, 5.74) is -0.159. The molecule has 0 aliphatic heterocycles. The largest absolute Gasteiger partial charge is 0.462 e. The van der Waals surface area contributed by atoms with Crippen LogP contribution in [0, 0.1) is 12.3 Å². The van der Waals surface area contributed by atoms with Crippen molar-refractivity contribution >= 4 is 16.0 Å². The Hall–Kier alpha value is -1.85. The van der Waals surface area contributed by atoms with Crippen LogP contribution in [0.4, 0.5) is 0 Å². The van der Waals surface area contributed by atoms with Crippen molar-refractivity contribution in [3.05, 3.63) is 11.8 Å². The van der Waals surface area contributed by atoms with E-state index in [2.05, 4.69) is 20.8 Å². The summed E-state index contributed by atoms with van der Waals surface area (Å²) >= 11 is 0. The van der Waals surface area contributed by atoms with E-state index in [1.54, 1.807) is 6.92 Å². The van der Waals surface area contributed by atoms with Gasteiger partial charge in [-0.15, -0.1) is 6.42 Å². The lowest BCUT2D eigenvalue weighted by molar-refractivity contribution is 0.0522. The van der Waals surface area contributed by atoms with Crippen molar-refractivity contribution in [1.82, 2.24) is 14.9 Å². The minimum absolute atomic E-state index is 0.137. The van der Waals surface area contributed by atoms with E-state index in [0.29, 0.717) is 0 Å². The fourth-order valence-electron chi connectivity index (χ4n) is 1.16. The molecule has 98 valence electrons. The zero-order chi connectivity index (χ0) is 13.8. The van der Waals surface area contributed by atoms with E-state index in [-0.39, 0.29) is 17.2 Å². The van der Waals surface area contributed by atoms with Gasteiger partial charge in [-0.3, -0.25) is 5.10 Å². The second kappa shape index (κ2) is 5.66. The number of nitrogens with one attached hydrogen (secondary N) is 2. The van der Waals surface area contributed by atoms with Gasteiger partial charge in [0.1, 0.15) is 5.56 Å². The van der Waals surface area contributed by atoms with Crippen LogP contribution < -0.4 is 4.72 Å². The van der Waals surface area contributed by atoms with Crippen LogP contribution in [0.3, 0.4) is 0 Å². The average Bonchev–Trinajstić information content (AvgIpc) is 2.78. The van der Waals surface area contributed by atoms with Crippen molar-refractivity contribution in [1.29, 1.82) is 0 Å². The molecule has 1 aromatic rings. The zero-order valence-electron chi connectivity index (χ0n) is 9.93. The Morgan fingerprint density at radius 1 is 1.72 bits per heavy atom. The van der Waals surface area contributed by atoms with Gasteiger partial charge in [-0.1, -0.05) is 5.92 Å². The van der Waals surface area contributed by atoms with Crippen LogP contribution in [0.2, 0.25) is 0 Å². The Labute approximate surface area is 105 Å². The van der Waals surface area contributed by atoms with E-state index in [4.69, 9.17) is 11.2 Å². The van der Waals surface area contributed by atoms with Crippen LogP contribution >= 0.6 is 0 Å². The summed E-state index contributed by atoms with van der Waals surface area (Å²) in [6.07, 6.45) is 6.17. The third-order valence-corrected chi connectivity index (χ3v) is 3.46. The van der Waals surface area contributed by atoms with Gasteiger partial charge in [0.2, 0.25) is 0 Å². The summed E-state index contributed by atoms with van der Waals surface area (Å²) < 4.78 is 30.7. The first kappa shape index (κ1) is 14.2. The number of H-pyrrole nitrogens is 1. The summed E-state index contributed by atoms with van der Waals surface area (Å²) in [5, 5.41) is 5.41. The van der Waals surface area contributed by atoms with Crippen molar-refractivity contribution in [3.8, 4) is 12.3 Å². The first-order valence-electron chi connectivity index (χ1n) is 5.11. The second-order valence-electron chi connectivity index (χ2n) is 3.34. The molecule has 0 saturated heterocycles. The Bertz CT molecular complexity index is 570. The van der Waals surface area contributed by atoms with Gasteiger partial charge in [-0.05, 0) is 13.8 Å². The number of hydrogen-bond donors (Lipinski definition) is 2. The third-order valence-electron chi connectivity index (χ3n) is 1.95. The summed E-state index contributed by atoms with van der Waals surface area (Å²) in [6, 6.07) is -0.701. The van der Waals surface area contributed by atoms with E-state index in [9.17, 15) is 13.2 Å². The molecule has 0 aliphatic carbocycles. The topological polar surface area (TPSA) is 101 Å². The number of carbonyl (C=O) groups excluding carboxylic acids is 1. The molecular formula is C10H13N3O4S. The minimum atomic E-state index is -3.93. The maximum absolute atomic E-state index is 11.9. The summed E-state index contributed by atoms with van der Waals surface area (Å²) in [5.74, 6) is 1.45. The molecule has 0 bridgehead atoms. The number of ether oxygens (including phenoxy) is 1. The maximum atomic E-state index is 11.9. The lowest BCUT2D eigenvalue weighted by atomic mass is 10.4. The van der Waals surface area contributed by atoms with Crippen LogP contribution in [0.5, 0.6) is 0 Å². The van der Waals surface area contributed by atoms with E-state index < -0.39 is 22.0 Å². The highest BCUT2D eigenvalue weighted by atomic mass is 32.2. The number of carbonyl (C=O) groups is 1. The molecule has 1 atom stereocenters. The normalized spacial score (nSPS) is 12.7. The van der Waals surface area contributed by atoms with Crippen molar-refractivity contribution in [2.24, 2.45) is 0 Å². The van der Waals surface area contributed by atoms with Crippen LogP contribution in [-0.2, 0) is 14.8 Å². The first-order valence-corrected chi connectivity index (χ1v) is 6.59. The molecule has 2 N–H and O–H groups in total. The molecule has 1 unspecified atom stereocenters. The maximum Gasteiger partial charge on any atom is 0.342 e. The van der Waals surface area contributed by atoms with Crippen molar-refractivity contribution in [2.45, 2.75) is 24.9 Å². The van der Waals surface area contributed by atoms with Crippen LogP contribution in [0.15, 0.2) is 11.2 Å². The summed E-state index contributed by atoms with van der Waals surface area (Å²) in [4.78, 5) is 11.5. The molecule has 1 heterocycles. The monoisotopic (exact) mass is 271 g/mol. The van der Waals surface area contributed by atoms with Gasteiger partial charge in [0.25, 0.3) is 10.0 Å². The number of hydrogen-bond acceptors (Lipinski definition) is 5. The molecule has 1 aromatic heterocycles. The molecule has 0 aromatic carbocycles. The zero-order valence-corrected chi connectivity index (χ0v) is 10.7. The van der Waals surface area contributed by atoms with Gasteiger partial charge in [0.15, 0.2) is 5.03 Å². The molecule has 0 aliphatic rings. The lowest BCUT2D eigenvalue weighted by Crippen LogP contribution is -2.32. The minimum Gasteiger partial charge on any atom is -0.462 e. The smallest absolute Gasteiger partial charge is 0.342 e. The van der Waals surface area contributed by atoms with Gasteiger partial charge in [-0.2, -0.15) is 9.82 Å². The molecule has 18 heavy (non-hydrogen) atoms. The predicted octanol–water partition coefficient (Wildman–Crippen LogP) is -0.114. The summed E-state index contributed by atoms with van der Waals surface area (Å²) in [7, 11) is -3.93. The van der Waals surface area contributed by atoms with Gasteiger partial charge >= 0.3 is 5.97 Å². The number of aromatic amines is 1. The van der Waals surface area contributed by atoms with Gasteiger partial charge in [-0.25, -0.2) is 13.2 Å². The first-order chi connectivity index (χ1) is 8.42. The molecule has 8 heteroatoms. The number of terminal acetylenes is 1. The standard InChI is InChI=1S/C10H13N3O4S/c1-4-7(3)13-18(15,16)9-8(6-11-12-9)10(14)17-5-2/h1,6-7,13H,5H2,2-3H3,(H,11,12). The van der Waals surface area contributed by atoms with Gasteiger partial charge in [0.05, 0.1) is 18.8 Å². The molecule has 0 saturated carbocycles. The second-order valence-corrected chi connectivity index (χ2v) is 4.99. The fourth-order valence-corrected chi connectivity index (χ4v) is 2.41. The van der Waals surface area contributed by atoms with Crippen molar-refractivity contribution in [3.63, 3.8) is 0 Å². The molecule has 0 radical (unpaired) electrons.